The Balaban J connectivity index is 2.51. The van der Waals surface area contributed by atoms with E-state index in [0.717, 1.165) is 18.4 Å². The van der Waals surface area contributed by atoms with Gasteiger partial charge in [-0.2, -0.15) is 21.6 Å². The van der Waals surface area contributed by atoms with Crippen LogP contribution in [0.4, 0.5) is 13.2 Å². The quantitative estimate of drug-likeness (QED) is 0.267. The summed E-state index contributed by atoms with van der Waals surface area (Å²) < 4.78 is 73.9. The first-order chi connectivity index (χ1) is 13.7. The third-order valence-electron chi connectivity index (χ3n) is 5.89. The molecule has 9 heteroatoms. The minimum atomic E-state index is -5.75. The van der Waals surface area contributed by atoms with Gasteiger partial charge in [0.1, 0.15) is 5.76 Å². The monoisotopic (exact) mass is 464 g/mol. The fourth-order valence-electron chi connectivity index (χ4n) is 3.14. The lowest BCUT2D eigenvalue weighted by Gasteiger charge is -2.41. The Bertz CT molecular complexity index is 843. The molecular formula is C21H31F3O4SSi. The lowest BCUT2D eigenvalue weighted by Crippen LogP contribution is -2.43. The number of benzene rings is 1. The average molecular weight is 465 g/mol. The number of hydrogen-bond acceptors (Lipinski definition) is 4. The largest absolute Gasteiger partial charge is 0.534 e. The molecule has 0 fully saturated rings. The topological polar surface area (TPSA) is 52.6 Å². The maximum atomic E-state index is 13.0. The summed E-state index contributed by atoms with van der Waals surface area (Å²) in [7, 11) is -8.08. The summed E-state index contributed by atoms with van der Waals surface area (Å²) >= 11 is 0. The first-order valence-electron chi connectivity index (χ1n) is 10.1. The first-order valence-corrected chi connectivity index (χ1v) is 14.4. The van der Waals surface area contributed by atoms with Crippen LogP contribution in [0.2, 0.25) is 18.1 Å². The van der Waals surface area contributed by atoms with Crippen molar-refractivity contribution in [3.05, 3.63) is 47.7 Å². The highest BCUT2D eigenvalue weighted by Gasteiger charge is 2.50. The first kappa shape index (κ1) is 24.9. The third-order valence-corrected chi connectivity index (χ3v) is 11.3. The summed E-state index contributed by atoms with van der Waals surface area (Å²) in [6.45, 7) is 10.4. The molecule has 1 aromatic carbocycles. The van der Waals surface area contributed by atoms with E-state index in [2.05, 4.69) is 38.0 Å². The van der Waals surface area contributed by atoms with Crippen molar-refractivity contribution in [2.24, 2.45) is 5.92 Å². The summed E-state index contributed by atoms with van der Waals surface area (Å²) in [6.07, 6.45) is 3.31. The van der Waals surface area contributed by atoms with E-state index < -0.39 is 36.0 Å². The average Bonchev–Trinajstić information content (AvgIpc) is 2.83. The van der Waals surface area contributed by atoms with Gasteiger partial charge in [-0.05, 0) is 49.0 Å². The summed E-state index contributed by atoms with van der Waals surface area (Å²) in [5.41, 5.74) is -4.68. The predicted molar refractivity (Wildman–Crippen MR) is 114 cm³/mol. The van der Waals surface area contributed by atoms with E-state index in [9.17, 15) is 21.6 Å². The third kappa shape index (κ3) is 5.88. The number of halogens is 3. The molecule has 0 heterocycles. The van der Waals surface area contributed by atoms with E-state index in [0.29, 0.717) is 12.8 Å². The molecule has 1 aromatic rings. The minimum absolute atomic E-state index is 0.131. The highest BCUT2D eigenvalue weighted by molar-refractivity contribution is 7.87. The van der Waals surface area contributed by atoms with Crippen molar-refractivity contribution in [2.45, 2.75) is 76.2 Å². The van der Waals surface area contributed by atoms with Crippen molar-refractivity contribution in [1.82, 2.24) is 0 Å². The van der Waals surface area contributed by atoms with Gasteiger partial charge in [-0.25, -0.2) is 0 Å². The molecule has 2 rings (SSSR count). The second kappa shape index (κ2) is 9.04. The number of rotatable bonds is 6. The molecule has 170 valence electrons. The van der Waals surface area contributed by atoms with Crippen molar-refractivity contribution < 1.29 is 30.2 Å². The molecule has 2 atom stereocenters. The van der Waals surface area contributed by atoms with E-state index in [1.165, 1.54) is 6.08 Å². The van der Waals surface area contributed by atoms with Crippen LogP contribution in [-0.4, -0.2) is 22.2 Å². The molecular weight excluding hydrogens is 433 g/mol. The van der Waals surface area contributed by atoms with Crippen LogP contribution in [-0.2, 0) is 18.7 Å². The van der Waals surface area contributed by atoms with Gasteiger partial charge >= 0.3 is 15.6 Å². The molecule has 30 heavy (non-hydrogen) atoms. The maximum absolute atomic E-state index is 13.0. The van der Waals surface area contributed by atoms with Crippen molar-refractivity contribution in [2.75, 3.05) is 0 Å². The fourth-order valence-corrected chi connectivity index (χ4v) is 4.96. The molecule has 0 aromatic heterocycles. The van der Waals surface area contributed by atoms with Crippen LogP contribution in [0.3, 0.4) is 0 Å². The van der Waals surface area contributed by atoms with Gasteiger partial charge in [-0.1, -0.05) is 57.5 Å². The molecule has 0 saturated carbocycles. The van der Waals surface area contributed by atoms with E-state index >= 15 is 0 Å². The zero-order chi connectivity index (χ0) is 22.8. The van der Waals surface area contributed by atoms with Crippen LogP contribution in [0.5, 0.6) is 0 Å². The smallest absolute Gasteiger partial charge is 0.409 e. The molecule has 0 aliphatic heterocycles. The van der Waals surface area contributed by atoms with Crippen LogP contribution in [0.25, 0.3) is 0 Å². The van der Waals surface area contributed by atoms with Crippen LogP contribution >= 0.6 is 0 Å². The highest BCUT2D eigenvalue weighted by atomic mass is 32.2. The van der Waals surface area contributed by atoms with Gasteiger partial charge in [0.05, 0.1) is 6.10 Å². The maximum Gasteiger partial charge on any atom is 0.534 e. The van der Waals surface area contributed by atoms with Crippen molar-refractivity contribution >= 4 is 18.4 Å². The summed E-state index contributed by atoms with van der Waals surface area (Å²) in [5, 5.41) is -0.131. The van der Waals surface area contributed by atoms with Crippen LogP contribution in [0.15, 0.2) is 42.2 Å². The van der Waals surface area contributed by atoms with Crippen molar-refractivity contribution in [3.63, 3.8) is 0 Å². The Morgan fingerprint density at radius 2 is 1.67 bits per heavy atom. The van der Waals surface area contributed by atoms with Gasteiger partial charge in [0.2, 0.25) is 0 Å². The Hall–Kier alpha value is -1.32. The Labute approximate surface area is 178 Å². The van der Waals surface area contributed by atoms with Crippen molar-refractivity contribution in [1.29, 1.82) is 0 Å². The SMILES string of the molecule is CC(C)(C)[Si](C)(C)O[C@H](c1ccccc1)[C@@H]1CCCCC=C1OS(=O)(=O)C(F)(F)F. The number of alkyl halides is 3. The Kier molecular flexibility index (Phi) is 7.52. The molecule has 0 bridgehead atoms. The second-order valence-electron chi connectivity index (χ2n) is 9.19. The molecule has 0 radical (unpaired) electrons. The van der Waals surface area contributed by atoms with Crippen LogP contribution in [0, 0.1) is 5.92 Å². The van der Waals surface area contributed by atoms with Gasteiger partial charge in [0.15, 0.2) is 8.32 Å². The fraction of sp³-hybridized carbons (Fsp3) is 0.619. The summed E-state index contributed by atoms with van der Waals surface area (Å²) in [6, 6.07) is 9.24. The Morgan fingerprint density at radius 3 is 2.20 bits per heavy atom. The van der Waals surface area contributed by atoms with Crippen LogP contribution < -0.4 is 0 Å². The lowest BCUT2D eigenvalue weighted by atomic mass is 9.90. The zero-order valence-corrected chi connectivity index (χ0v) is 19.9. The number of allylic oxidation sites excluding steroid dienone is 1. The number of hydrogen-bond donors (Lipinski definition) is 0. The van der Waals surface area contributed by atoms with E-state index in [1.807, 2.05) is 30.3 Å². The van der Waals surface area contributed by atoms with Gasteiger partial charge in [-0.15, -0.1) is 0 Å². The minimum Gasteiger partial charge on any atom is -0.409 e. The molecule has 4 nitrogen and oxygen atoms in total. The van der Waals surface area contributed by atoms with E-state index in [-0.39, 0.29) is 10.8 Å². The summed E-state index contributed by atoms with van der Waals surface area (Å²) in [4.78, 5) is 0. The molecule has 0 saturated heterocycles. The van der Waals surface area contributed by atoms with E-state index in [1.54, 1.807) is 0 Å². The Morgan fingerprint density at radius 1 is 1.07 bits per heavy atom. The van der Waals surface area contributed by atoms with Gasteiger partial charge in [-0.3, -0.25) is 0 Å². The second-order valence-corrected chi connectivity index (χ2v) is 15.5. The summed E-state index contributed by atoms with van der Waals surface area (Å²) in [5.74, 6) is -0.793. The van der Waals surface area contributed by atoms with Crippen molar-refractivity contribution in [3.8, 4) is 0 Å². The normalized spacial score (nSPS) is 20.3. The standard InChI is InChI=1S/C21H31F3O4SSi/c1-20(2,3)30(4,5)28-19(16-12-8-6-9-13-16)17-14-10-7-11-15-18(17)27-29(25,26)21(22,23)24/h6,8-9,12-13,15,17,19H,7,10-11,14H2,1-5H3/t17-,19-/m1/s1. The van der Waals surface area contributed by atoms with Crippen LogP contribution in [0.1, 0.15) is 58.1 Å². The van der Waals surface area contributed by atoms with Gasteiger partial charge in [0, 0.05) is 5.92 Å². The van der Waals surface area contributed by atoms with Gasteiger partial charge < -0.3 is 8.61 Å². The molecule has 0 N–H and O–H groups in total. The lowest BCUT2D eigenvalue weighted by molar-refractivity contribution is -0.0533. The molecule has 0 amide bonds. The molecule has 1 aliphatic carbocycles. The molecule has 1 aliphatic rings. The highest BCUT2D eigenvalue weighted by Crippen LogP contribution is 2.46. The van der Waals surface area contributed by atoms with Gasteiger partial charge in [0.25, 0.3) is 0 Å². The zero-order valence-electron chi connectivity index (χ0n) is 18.1. The molecule has 0 unspecified atom stereocenters. The molecule has 0 spiro atoms. The predicted octanol–water partition coefficient (Wildman–Crippen LogP) is 6.69. The van der Waals surface area contributed by atoms with E-state index in [4.69, 9.17) is 4.43 Å².